The third-order valence-corrected chi connectivity index (χ3v) is 4.51. The highest BCUT2D eigenvalue weighted by Crippen LogP contribution is 2.37. The zero-order chi connectivity index (χ0) is 21.5. The first-order valence-corrected chi connectivity index (χ1v) is 9.92. The van der Waals surface area contributed by atoms with Crippen molar-refractivity contribution in [3.8, 4) is 28.9 Å². The van der Waals surface area contributed by atoms with E-state index in [4.69, 9.17) is 25.7 Å². The highest BCUT2D eigenvalue weighted by atomic mass is 35.5. The van der Waals surface area contributed by atoms with Gasteiger partial charge in [0.05, 0.1) is 5.69 Å². The number of nitrogens with two attached hydrogens (primary N) is 1. The maximum Gasteiger partial charge on any atom is 0.381 e. The molecule has 0 aliphatic rings. The van der Waals surface area contributed by atoms with Gasteiger partial charge in [-0.25, -0.2) is 8.78 Å². The standard InChI is InChI=1S/C17H10ClF2N5O4S/c18-10-4-2-1-3-9(10)14-13-15(25-24-14)22-17(23-16(13)29-30(21,26)27)28-12-6-5-8(19)7-11(12)20/h1-7H,(H2,21,26,27)(H,22,23,24,25). The molecule has 0 radical (unpaired) electrons. The molecule has 2 aromatic heterocycles. The molecule has 0 saturated carbocycles. The van der Waals surface area contributed by atoms with Crippen LogP contribution in [0.1, 0.15) is 0 Å². The summed E-state index contributed by atoms with van der Waals surface area (Å²) in [6.45, 7) is 0. The minimum Gasteiger partial charge on any atom is -0.421 e. The lowest BCUT2D eigenvalue weighted by molar-refractivity contribution is 0.401. The van der Waals surface area contributed by atoms with Crippen LogP contribution >= 0.6 is 11.6 Å². The Morgan fingerprint density at radius 2 is 1.87 bits per heavy atom. The van der Waals surface area contributed by atoms with E-state index in [0.717, 1.165) is 12.1 Å². The van der Waals surface area contributed by atoms with Gasteiger partial charge in [0.1, 0.15) is 11.2 Å². The molecule has 0 atom stereocenters. The van der Waals surface area contributed by atoms with Crippen LogP contribution in [-0.4, -0.2) is 28.6 Å². The molecule has 9 nitrogen and oxygen atoms in total. The average molecular weight is 454 g/mol. The summed E-state index contributed by atoms with van der Waals surface area (Å²) >= 11 is 6.20. The van der Waals surface area contributed by atoms with Crippen LogP contribution in [0.5, 0.6) is 17.6 Å². The Morgan fingerprint density at radius 3 is 2.57 bits per heavy atom. The third kappa shape index (κ3) is 4.01. The lowest BCUT2D eigenvalue weighted by atomic mass is 10.1. The molecule has 0 aliphatic carbocycles. The molecule has 0 unspecified atom stereocenters. The SMILES string of the molecule is NS(=O)(=O)Oc1nc(Oc2ccc(F)cc2F)nc2n[nH]c(-c3ccccc3Cl)c12. The minimum absolute atomic E-state index is 0.0454. The fraction of sp³-hybridized carbons (Fsp3) is 0. The molecule has 154 valence electrons. The molecule has 30 heavy (non-hydrogen) atoms. The van der Waals surface area contributed by atoms with Gasteiger partial charge in [0, 0.05) is 16.7 Å². The van der Waals surface area contributed by atoms with E-state index in [1.807, 2.05) is 0 Å². The largest absolute Gasteiger partial charge is 0.421 e. The Morgan fingerprint density at radius 1 is 1.10 bits per heavy atom. The van der Waals surface area contributed by atoms with Gasteiger partial charge in [-0.3, -0.25) is 5.10 Å². The Balaban J connectivity index is 1.88. The number of nitrogens with zero attached hydrogens (tertiary/aromatic N) is 3. The number of hydrogen-bond donors (Lipinski definition) is 2. The highest BCUT2D eigenvalue weighted by molar-refractivity contribution is 7.84. The van der Waals surface area contributed by atoms with E-state index < -0.39 is 39.6 Å². The summed E-state index contributed by atoms with van der Waals surface area (Å²) in [6, 6.07) is 8.72. The van der Waals surface area contributed by atoms with Crippen molar-refractivity contribution in [1.82, 2.24) is 20.2 Å². The molecule has 0 saturated heterocycles. The van der Waals surface area contributed by atoms with Crippen molar-refractivity contribution in [1.29, 1.82) is 0 Å². The first-order chi connectivity index (χ1) is 14.2. The number of hydrogen-bond acceptors (Lipinski definition) is 7. The molecule has 3 N–H and O–H groups in total. The summed E-state index contributed by atoms with van der Waals surface area (Å²) in [5.41, 5.74) is 0.646. The van der Waals surface area contributed by atoms with E-state index >= 15 is 0 Å². The van der Waals surface area contributed by atoms with Crippen LogP contribution in [0.25, 0.3) is 22.3 Å². The summed E-state index contributed by atoms with van der Waals surface area (Å²) < 4.78 is 60.0. The van der Waals surface area contributed by atoms with Crippen molar-refractivity contribution >= 4 is 32.9 Å². The number of rotatable bonds is 5. The van der Waals surface area contributed by atoms with Crippen LogP contribution in [0.15, 0.2) is 42.5 Å². The van der Waals surface area contributed by atoms with E-state index in [9.17, 15) is 17.2 Å². The summed E-state index contributed by atoms with van der Waals surface area (Å²) in [6.07, 6.45) is 0. The molecular formula is C17H10ClF2N5O4S. The lowest BCUT2D eigenvalue weighted by Crippen LogP contribution is -2.20. The lowest BCUT2D eigenvalue weighted by Gasteiger charge is -2.09. The molecule has 0 bridgehead atoms. The number of nitrogens with one attached hydrogen (secondary N) is 1. The van der Waals surface area contributed by atoms with Crippen LogP contribution in [0.4, 0.5) is 8.78 Å². The molecule has 13 heteroatoms. The van der Waals surface area contributed by atoms with E-state index in [1.165, 1.54) is 0 Å². The Kier molecular flexibility index (Phi) is 4.97. The second-order valence-corrected chi connectivity index (χ2v) is 7.40. The number of ether oxygens (including phenoxy) is 1. The van der Waals surface area contributed by atoms with Gasteiger partial charge in [-0.05, 0) is 18.2 Å². The van der Waals surface area contributed by atoms with Crippen molar-refractivity contribution in [3.63, 3.8) is 0 Å². The minimum atomic E-state index is -4.50. The zero-order valence-corrected chi connectivity index (χ0v) is 16.2. The van der Waals surface area contributed by atoms with Gasteiger partial charge < -0.3 is 8.92 Å². The molecular weight excluding hydrogens is 444 g/mol. The van der Waals surface area contributed by atoms with Gasteiger partial charge in [-0.1, -0.05) is 29.8 Å². The van der Waals surface area contributed by atoms with Crippen LogP contribution in [0.3, 0.4) is 0 Å². The van der Waals surface area contributed by atoms with E-state index in [2.05, 4.69) is 20.2 Å². The maximum atomic E-state index is 13.9. The Hall–Kier alpha value is -3.35. The van der Waals surface area contributed by atoms with Gasteiger partial charge in [0.15, 0.2) is 17.2 Å². The van der Waals surface area contributed by atoms with Crippen molar-refractivity contribution in [2.45, 2.75) is 0 Å². The number of halogens is 3. The molecule has 4 aromatic rings. The van der Waals surface area contributed by atoms with Gasteiger partial charge in [0.25, 0.3) is 5.88 Å². The normalized spacial score (nSPS) is 11.6. The van der Waals surface area contributed by atoms with Crippen LogP contribution < -0.4 is 14.1 Å². The van der Waals surface area contributed by atoms with Gasteiger partial charge in [-0.2, -0.15) is 28.6 Å². The first-order valence-electron chi connectivity index (χ1n) is 8.07. The number of aromatic amines is 1. The molecule has 2 heterocycles. The Labute approximate surface area is 172 Å². The topological polar surface area (TPSA) is 133 Å². The van der Waals surface area contributed by atoms with Gasteiger partial charge in [0.2, 0.25) is 0 Å². The molecule has 0 amide bonds. The molecule has 2 aromatic carbocycles. The summed E-state index contributed by atoms with van der Waals surface area (Å²) in [4.78, 5) is 7.86. The van der Waals surface area contributed by atoms with Crippen molar-refractivity contribution in [2.75, 3.05) is 0 Å². The van der Waals surface area contributed by atoms with Crippen molar-refractivity contribution in [2.24, 2.45) is 5.14 Å². The highest BCUT2D eigenvalue weighted by Gasteiger charge is 2.23. The van der Waals surface area contributed by atoms with Crippen molar-refractivity contribution < 1.29 is 26.1 Å². The number of H-pyrrole nitrogens is 1. The predicted molar refractivity (Wildman–Crippen MR) is 102 cm³/mol. The predicted octanol–water partition coefficient (Wildman–Crippen LogP) is 3.33. The maximum absolute atomic E-state index is 13.9. The van der Waals surface area contributed by atoms with E-state index in [1.54, 1.807) is 24.3 Å². The van der Waals surface area contributed by atoms with Crippen molar-refractivity contribution in [3.05, 3.63) is 59.1 Å². The summed E-state index contributed by atoms with van der Waals surface area (Å²) in [7, 11) is -4.50. The zero-order valence-electron chi connectivity index (χ0n) is 14.6. The first kappa shape index (κ1) is 19.9. The Bertz CT molecular complexity index is 1380. The van der Waals surface area contributed by atoms with Crippen LogP contribution in [-0.2, 0) is 10.3 Å². The number of fused-ring (bicyclic) bond motifs is 1. The molecule has 4 rings (SSSR count). The van der Waals surface area contributed by atoms with Crippen LogP contribution in [0, 0.1) is 11.6 Å². The third-order valence-electron chi connectivity index (χ3n) is 3.79. The second kappa shape index (κ2) is 7.48. The van der Waals surface area contributed by atoms with Gasteiger partial charge >= 0.3 is 16.3 Å². The van der Waals surface area contributed by atoms with E-state index in [0.29, 0.717) is 16.7 Å². The van der Waals surface area contributed by atoms with Gasteiger partial charge in [-0.15, -0.1) is 0 Å². The number of benzene rings is 2. The monoisotopic (exact) mass is 453 g/mol. The average Bonchev–Trinajstić information content (AvgIpc) is 3.07. The second-order valence-electron chi connectivity index (χ2n) is 5.84. The summed E-state index contributed by atoms with van der Waals surface area (Å²) in [5, 5.41) is 12.0. The quantitative estimate of drug-likeness (QED) is 0.473. The smallest absolute Gasteiger partial charge is 0.381 e. The van der Waals surface area contributed by atoms with Crippen LogP contribution in [0.2, 0.25) is 5.02 Å². The number of aromatic nitrogens is 4. The summed E-state index contributed by atoms with van der Waals surface area (Å²) in [5.74, 6) is -2.76. The molecule has 0 aliphatic heterocycles. The fourth-order valence-electron chi connectivity index (χ4n) is 2.61. The molecule has 0 fully saturated rings. The molecule has 0 spiro atoms. The van der Waals surface area contributed by atoms with E-state index in [-0.39, 0.29) is 16.7 Å². The fourth-order valence-corrected chi connectivity index (χ4v) is 3.18.